The number of nitrogens with zero attached hydrogens (tertiary/aromatic N) is 4. The average molecular weight is 523 g/mol. The first-order valence-electron chi connectivity index (χ1n) is 13.0. The van der Waals surface area contributed by atoms with Crippen LogP contribution < -0.4 is 10.9 Å². The Labute approximate surface area is 229 Å². The Bertz CT molecular complexity index is 1380. The van der Waals surface area contributed by atoms with E-state index in [1.54, 1.807) is 12.4 Å². The molecule has 39 heavy (non-hydrogen) atoms. The minimum atomic E-state index is -0.243. The molecule has 0 fully saturated rings. The second-order valence-corrected chi connectivity index (χ2v) is 9.43. The van der Waals surface area contributed by atoms with Crippen LogP contribution in [0.1, 0.15) is 53.2 Å². The quantitative estimate of drug-likeness (QED) is 0.219. The molecule has 0 radical (unpaired) electrons. The number of amides is 2. The molecule has 0 atom stereocenters. The Morgan fingerprint density at radius 2 is 1.05 bits per heavy atom. The summed E-state index contributed by atoms with van der Waals surface area (Å²) in [5.41, 5.74) is 13.4. The zero-order valence-electron chi connectivity index (χ0n) is 22.8. The number of aryl methyl sites for hydroxylation is 2. The summed E-state index contributed by atoms with van der Waals surface area (Å²) in [6.07, 6.45) is 4.07. The van der Waals surface area contributed by atoms with Crippen LogP contribution in [0.15, 0.2) is 83.0 Å². The molecule has 8 heteroatoms. The van der Waals surface area contributed by atoms with Crippen LogP contribution in [0.5, 0.6) is 0 Å². The molecular formula is C31H34N6O2. The van der Waals surface area contributed by atoms with Gasteiger partial charge in [-0.2, -0.15) is 10.2 Å². The zero-order valence-corrected chi connectivity index (χ0v) is 22.8. The van der Waals surface area contributed by atoms with E-state index < -0.39 is 0 Å². The molecule has 4 rings (SSSR count). The van der Waals surface area contributed by atoms with Gasteiger partial charge in [0.05, 0.1) is 12.4 Å². The fourth-order valence-corrected chi connectivity index (χ4v) is 4.65. The molecule has 0 saturated heterocycles. The largest absolute Gasteiger partial charge is 0.318 e. The van der Waals surface area contributed by atoms with E-state index in [1.165, 1.54) is 0 Å². The van der Waals surface area contributed by atoms with E-state index in [1.807, 2.05) is 76.2 Å². The Morgan fingerprint density at radius 3 is 1.44 bits per heavy atom. The summed E-state index contributed by atoms with van der Waals surface area (Å²) in [6.45, 7) is 8.11. The lowest BCUT2D eigenvalue weighted by atomic mass is 10.2. The number of rotatable bonds is 10. The molecule has 2 aromatic carbocycles. The Kier molecular flexibility index (Phi) is 8.89. The van der Waals surface area contributed by atoms with Crippen molar-refractivity contribution in [3.63, 3.8) is 0 Å². The van der Waals surface area contributed by atoms with Gasteiger partial charge in [0.25, 0.3) is 0 Å². The summed E-state index contributed by atoms with van der Waals surface area (Å²) >= 11 is 0. The minimum absolute atomic E-state index is 0.190. The molecule has 0 spiro atoms. The van der Waals surface area contributed by atoms with Gasteiger partial charge in [-0.05, 0) is 70.5 Å². The van der Waals surface area contributed by atoms with Crippen LogP contribution in [0.3, 0.4) is 0 Å². The van der Waals surface area contributed by atoms with Gasteiger partial charge in [-0.1, -0.05) is 36.4 Å². The van der Waals surface area contributed by atoms with Crippen molar-refractivity contribution in [3.05, 3.63) is 107 Å². The van der Waals surface area contributed by atoms with Crippen molar-refractivity contribution in [2.45, 2.75) is 47.0 Å². The fraction of sp³-hybridized carbons (Fsp3) is 0.226. The third kappa shape index (κ3) is 6.78. The van der Waals surface area contributed by atoms with Crippen LogP contribution in [0.4, 0.5) is 0 Å². The van der Waals surface area contributed by atoms with Gasteiger partial charge in [-0.25, -0.2) is 10.9 Å². The summed E-state index contributed by atoms with van der Waals surface area (Å²) in [5.74, 6) is -0.486. The molecule has 2 heterocycles. The summed E-state index contributed by atoms with van der Waals surface area (Å²) < 4.78 is 4.29. The van der Waals surface area contributed by atoms with E-state index in [0.717, 1.165) is 45.3 Å². The van der Waals surface area contributed by atoms with Gasteiger partial charge in [-0.3, -0.25) is 9.59 Å². The molecule has 2 aromatic heterocycles. The van der Waals surface area contributed by atoms with E-state index >= 15 is 0 Å². The highest BCUT2D eigenvalue weighted by atomic mass is 16.2. The maximum absolute atomic E-state index is 12.2. The first-order valence-corrected chi connectivity index (χ1v) is 13.0. The molecule has 0 aliphatic rings. The van der Waals surface area contributed by atoms with Crippen LogP contribution in [0.2, 0.25) is 0 Å². The number of hydrogen-bond donors (Lipinski definition) is 2. The van der Waals surface area contributed by atoms with E-state index in [-0.39, 0.29) is 24.7 Å². The van der Waals surface area contributed by atoms with Gasteiger partial charge >= 0.3 is 0 Å². The Morgan fingerprint density at radius 1 is 0.667 bits per heavy atom. The van der Waals surface area contributed by atoms with Crippen molar-refractivity contribution < 1.29 is 9.59 Å². The summed E-state index contributed by atoms with van der Waals surface area (Å²) in [6, 6.07) is 24.2. The monoisotopic (exact) mass is 522 g/mol. The highest BCUT2D eigenvalue weighted by molar-refractivity contribution is 5.85. The predicted molar refractivity (Wildman–Crippen MR) is 156 cm³/mol. The van der Waals surface area contributed by atoms with Crippen LogP contribution in [-0.4, -0.2) is 33.4 Å². The van der Waals surface area contributed by atoms with Crippen molar-refractivity contribution in [3.8, 4) is 11.4 Å². The van der Waals surface area contributed by atoms with Gasteiger partial charge in [0.1, 0.15) is 0 Å². The third-order valence-corrected chi connectivity index (χ3v) is 6.56. The lowest BCUT2D eigenvalue weighted by Gasteiger charge is -2.09. The van der Waals surface area contributed by atoms with Crippen molar-refractivity contribution in [1.82, 2.24) is 20.0 Å². The van der Waals surface area contributed by atoms with E-state index in [4.69, 9.17) is 0 Å². The third-order valence-electron chi connectivity index (χ3n) is 6.56. The summed E-state index contributed by atoms with van der Waals surface area (Å²) in [5, 5.41) is 8.21. The number of nitrogens with one attached hydrogen (secondary N) is 2. The van der Waals surface area contributed by atoms with Crippen LogP contribution in [0, 0.1) is 27.7 Å². The van der Waals surface area contributed by atoms with E-state index in [2.05, 4.69) is 54.5 Å². The van der Waals surface area contributed by atoms with Crippen molar-refractivity contribution in [2.24, 2.45) is 10.2 Å². The van der Waals surface area contributed by atoms with Crippen molar-refractivity contribution in [1.29, 1.82) is 0 Å². The number of carbonyl (C=O) groups excluding carboxylic acids is 2. The Balaban J connectivity index is 1.21. The summed E-state index contributed by atoms with van der Waals surface area (Å²) in [4.78, 5) is 24.4. The number of hydrogen-bond acceptors (Lipinski definition) is 4. The maximum atomic E-state index is 12.2. The van der Waals surface area contributed by atoms with Crippen LogP contribution in [0.25, 0.3) is 11.4 Å². The molecule has 8 nitrogen and oxygen atoms in total. The second-order valence-electron chi connectivity index (χ2n) is 9.43. The Hall–Kier alpha value is -4.72. The van der Waals surface area contributed by atoms with Crippen molar-refractivity contribution in [2.75, 3.05) is 0 Å². The zero-order chi connectivity index (χ0) is 27.8. The molecule has 0 aliphatic heterocycles. The number of benzene rings is 2. The first kappa shape index (κ1) is 27.3. The van der Waals surface area contributed by atoms with Gasteiger partial charge in [0, 0.05) is 58.1 Å². The molecule has 0 bridgehead atoms. The molecule has 2 amide bonds. The lowest BCUT2D eigenvalue weighted by molar-refractivity contribution is -0.122. The number of aromatic nitrogens is 2. The smallest absolute Gasteiger partial charge is 0.240 e. The molecular weight excluding hydrogens is 488 g/mol. The highest BCUT2D eigenvalue weighted by Gasteiger charge is 2.11. The predicted octanol–water partition coefficient (Wildman–Crippen LogP) is 5.27. The maximum Gasteiger partial charge on any atom is 0.240 e. The number of hydrazone groups is 2. The number of carbonyl (C=O) groups is 2. The lowest BCUT2D eigenvalue weighted by Crippen LogP contribution is -2.20. The van der Waals surface area contributed by atoms with E-state index in [9.17, 15) is 9.59 Å². The molecule has 0 aliphatic carbocycles. The normalized spacial score (nSPS) is 11.4. The first-order chi connectivity index (χ1) is 18.8. The van der Waals surface area contributed by atoms with Gasteiger partial charge in [-0.15, -0.1) is 0 Å². The fourth-order valence-electron chi connectivity index (χ4n) is 4.65. The molecule has 4 aromatic rings. The van der Waals surface area contributed by atoms with Gasteiger partial charge < -0.3 is 9.13 Å². The highest BCUT2D eigenvalue weighted by Crippen LogP contribution is 2.20. The van der Waals surface area contributed by atoms with Crippen molar-refractivity contribution >= 4 is 24.2 Å². The standard InChI is InChI=1S/C31H34N6O2/c1-22-18-26(24(3)36(22)28-12-7-5-8-13-28)20-32-34-30(38)16-11-17-31(39)35-33-21-27-19-23(2)37(25(27)4)29-14-9-6-10-15-29/h5-10,12-15,18-21H,11,16-17H2,1-4H3,(H,34,38)(H,35,39)/b32-20+,33-21+. The summed E-state index contributed by atoms with van der Waals surface area (Å²) in [7, 11) is 0. The molecule has 0 saturated carbocycles. The van der Waals surface area contributed by atoms with Crippen LogP contribution in [-0.2, 0) is 9.59 Å². The SMILES string of the molecule is Cc1cc(/C=N/NC(=O)CCCC(=O)N/N=C/c2cc(C)n(-c3ccccc3)c2C)c(C)n1-c1ccccc1. The molecule has 0 unspecified atom stereocenters. The molecule has 2 N–H and O–H groups in total. The average Bonchev–Trinajstić information content (AvgIpc) is 3.37. The van der Waals surface area contributed by atoms with E-state index in [0.29, 0.717) is 6.42 Å². The number of para-hydroxylation sites is 2. The second kappa shape index (κ2) is 12.7. The van der Waals surface area contributed by atoms with Gasteiger partial charge in [0.15, 0.2) is 0 Å². The topological polar surface area (TPSA) is 92.8 Å². The van der Waals surface area contributed by atoms with Gasteiger partial charge in [0.2, 0.25) is 11.8 Å². The minimum Gasteiger partial charge on any atom is -0.318 e. The molecule has 200 valence electrons. The van der Waals surface area contributed by atoms with Crippen LogP contribution >= 0.6 is 0 Å².